The normalized spacial score (nSPS) is 12.5. The zero-order valence-electron chi connectivity index (χ0n) is 12.3. The molecule has 0 saturated heterocycles. The Morgan fingerprint density at radius 1 is 1.04 bits per heavy atom. The van der Waals surface area contributed by atoms with Crippen LogP contribution < -0.4 is 0 Å². The number of nitrogens with zero attached hydrogens (tertiary/aromatic N) is 1. The maximum Gasteiger partial charge on any atom is 0.303 e. The third-order valence-electron chi connectivity index (χ3n) is 3.42. The maximum atomic E-state index is 12.6. The lowest BCUT2D eigenvalue weighted by molar-refractivity contribution is -0.137. The van der Waals surface area contributed by atoms with Gasteiger partial charge in [0.05, 0.1) is 11.0 Å². The van der Waals surface area contributed by atoms with Gasteiger partial charge in [-0.2, -0.15) is 5.26 Å². The van der Waals surface area contributed by atoms with Crippen LogP contribution in [0, 0.1) is 17.2 Å². The monoisotopic (exact) mass is 339 g/mol. The topological polar surface area (TPSA) is 133 Å². The largest absolute Gasteiger partial charge is 0.481 e. The molecule has 124 valence electrons. The Morgan fingerprint density at radius 3 is 1.91 bits per heavy atom. The minimum absolute atomic E-state index is 0.0396. The first-order valence-corrected chi connectivity index (χ1v) is 8.45. The van der Waals surface area contributed by atoms with Crippen LogP contribution in [-0.4, -0.2) is 35.8 Å². The van der Waals surface area contributed by atoms with Gasteiger partial charge in [-0.1, -0.05) is 18.2 Å². The van der Waals surface area contributed by atoms with Crippen LogP contribution in [0.5, 0.6) is 0 Å². The van der Waals surface area contributed by atoms with Crippen LogP contribution in [-0.2, 0) is 19.4 Å². The number of benzene rings is 1. The van der Waals surface area contributed by atoms with Gasteiger partial charge in [0, 0.05) is 12.8 Å². The smallest absolute Gasteiger partial charge is 0.303 e. The van der Waals surface area contributed by atoms with Crippen LogP contribution in [0.3, 0.4) is 0 Å². The number of sulfone groups is 1. The van der Waals surface area contributed by atoms with Gasteiger partial charge in [-0.3, -0.25) is 9.59 Å². The van der Waals surface area contributed by atoms with E-state index in [2.05, 4.69) is 0 Å². The first-order chi connectivity index (χ1) is 10.8. The highest BCUT2D eigenvalue weighted by Gasteiger charge is 2.35. The number of carboxylic acid groups (broad SMARTS) is 2. The molecule has 0 aromatic heterocycles. The van der Waals surface area contributed by atoms with Crippen LogP contribution >= 0.6 is 0 Å². The van der Waals surface area contributed by atoms with Gasteiger partial charge in [0.25, 0.3) is 0 Å². The number of aliphatic carboxylic acids is 2. The van der Waals surface area contributed by atoms with E-state index >= 15 is 0 Å². The molecular weight excluding hydrogens is 322 g/mol. The van der Waals surface area contributed by atoms with Gasteiger partial charge in [-0.05, 0) is 30.9 Å². The van der Waals surface area contributed by atoms with E-state index in [0.717, 1.165) is 0 Å². The summed E-state index contributed by atoms with van der Waals surface area (Å²) >= 11 is 0. The van der Waals surface area contributed by atoms with Gasteiger partial charge in [-0.15, -0.1) is 0 Å². The van der Waals surface area contributed by atoms with Gasteiger partial charge in [0.1, 0.15) is 0 Å². The summed E-state index contributed by atoms with van der Waals surface area (Å²) in [6, 6.07) is 9.09. The molecular formula is C15H17NO6S. The lowest BCUT2D eigenvalue weighted by atomic mass is 9.94. The quantitative estimate of drug-likeness (QED) is 0.699. The average Bonchev–Trinajstić information content (AvgIpc) is 2.50. The fourth-order valence-corrected chi connectivity index (χ4v) is 4.00. The summed E-state index contributed by atoms with van der Waals surface area (Å²) < 4.78 is 25.2. The molecule has 0 radical (unpaired) electrons. The van der Waals surface area contributed by atoms with E-state index in [1.54, 1.807) is 12.1 Å². The summed E-state index contributed by atoms with van der Waals surface area (Å²) in [7, 11) is -3.99. The molecule has 1 rings (SSSR count). The van der Waals surface area contributed by atoms with Gasteiger partial charge >= 0.3 is 11.9 Å². The van der Waals surface area contributed by atoms with E-state index < -0.39 is 32.9 Å². The Balaban J connectivity index is 3.10. The summed E-state index contributed by atoms with van der Waals surface area (Å²) in [6.45, 7) is 0. The average molecular weight is 339 g/mol. The van der Waals surface area contributed by atoms with Crippen molar-refractivity contribution in [2.75, 3.05) is 0 Å². The SMILES string of the molecule is N#C[C@@H](C(CCC(=O)O)CCC(=O)O)S(=O)(=O)c1ccccc1. The van der Waals surface area contributed by atoms with E-state index in [9.17, 15) is 23.3 Å². The Kier molecular flexibility index (Phi) is 6.72. The second-order valence-corrected chi connectivity index (χ2v) is 7.10. The van der Waals surface area contributed by atoms with E-state index in [1.807, 2.05) is 0 Å². The molecule has 23 heavy (non-hydrogen) atoms. The predicted molar refractivity (Wildman–Crippen MR) is 80.3 cm³/mol. The third-order valence-corrected chi connectivity index (χ3v) is 5.51. The summed E-state index contributed by atoms with van der Waals surface area (Å²) in [5.41, 5.74) is 0. The molecule has 1 atom stereocenters. The molecule has 0 fully saturated rings. The van der Waals surface area contributed by atoms with Crippen molar-refractivity contribution in [3.05, 3.63) is 30.3 Å². The molecule has 0 spiro atoms. The summed E-state index contributed by atoms with van der Waals surface area (Å²) in [5.74, 6) is -3.12. The Bertz CT molecular complexity index is 674. The van der Waals surface area contributed by atoms with Crippen molar-refractivity contribution in [1.82, 2.24) is 0 Å². The summed E-state index contributed by atoms with van der Waals surface area (Å²) in [6.07, 6.45) is -0.806. The zero-order valence-corrected chi connectivity index (χ0v) is 13.1. The third kappa shape index (κ3) is 5.38. The summed E-state index contributed by atoms with van der Waals surface area (Å²) in [4.78, 5) is 21.4. The molecule has 0 aliphatic carbocycles. The van der Waals surface area contributed by atoms with Gasteiger partial charge in [0.2, 0.25) is 0 Å². The Labute approximate surface area is 134 Å². The lowest BCUT2D eigenvalue weighted by Gasteiger charge is -2.21. The Morgan fingerprint density at radius 2 is 1.52 bits per heavy atom. The van der Waals surface area contributed by atoms with Crippen molar-refractivity contribution in [3.63, 3.8) is 0 Å². The van der Waals surface area contributed by atoms with Crippen LogP contribution in [0.4, 0.5) is 0 Å². The van der Waals surface area contributed by atoms with Gasteiger partial charge in [-0.25, -0.2) is 8.42 Å². The minimum atomic E-state index is -3.99. The molecule has 0 unspecified atom stereocenters. The van der Waals surface area contributed by atoms with Gasteiger partial charge < -0.3 is 10.2 Å². The van der Waals surface area contributed by atoms with Crippen LogP contribution in [0.25, 0.3) is 0 Å². The highest BCUT2D eigenvalue weighted by atomic mass is 32.2. The van der Waals surface area contributed by atoms with Crippen molar-refractivity contribution in [2.45, 2.75) is 35.8 Å². The van der Waals surface area contributed by atoms with Crippen molar-refractivity contribution >= 4 is 21.8 Å². The molecule has 0 heterocycles. The maximum absolute atomic E-state index is 12.6. The number of hydrogen-bond donors (Lipinski definition) is 2. The van der Waals surface area contributed by atoms with Crippen molar-refractivity contribution in [2.24, 2.45) is 5.92 Å². The lowest BCUT2D eigenvalue weighted by Crippen LogP contribution is -2.30. The Hall–Kier alpha value is -2.40. The number of nitriles is 1. The van der Waals surface area contributed by atoms with Crippen LogP contribution in [0.2, 0.25) is 0 Å². The van der Waals surface area contributed by atoms with Crippen molar-refractivity contribution < 1.29 is 28.2 Å². The second-order valence-electron chi connectivity index (χ2n) is 5.03. The minimum Gasteiger partial charge on any atom is -0.481 e. The molecule has 0 aliphatic rings. The number of carboxylic acids is 2. The van der Waals surface area contributed by atoms with E-state index in [1.165, 1.54) is 24.3 Å². The van der Waals surface area contributed by atoms with Crippen LogP contribution in [0.15, 0.2) is 35.2 Å². The molecule has 7 nitrogen and oxygen atoms in total. The molecule has 0 aliphatic heterocycles. The fourth-order valence-electron chi connectivity index (χ4n) is 2.25. The van der Waals surface area contributed by atoms with E-state index in [-0.39, 0.29) is 30.6 Å². The predicted octanol–water partition coefficient (Wildman–Crippen LogP) is 1.70. The number of hydrogen-bond acceptors (Lipinski definition) is 5. The molecule has 2 N–H and O–H groups in total. The second kappa shape index (κ2) is 8.29. The fraction of sp³-hybridized carbons (Fsp3) is 0.400. The van der Waals surface area contributed by atoms with Crippen molar-refractivity contribution in [1.29, 1.82) is 5.26 Å². The molecule has 0 bridgehead atoms. The number of carbonyl (C=O) groups is 2. The van der Waals surface area contributed by atoms with Crippen molar-refractivity contribution in [3.8, 4) is 6.07 Å². The molecule has 0 saturated carbocycles. The van der Waals surface area contributed by atoms with Crippen LogP contribution in [0.1, 0.15) is 25.7 Å². The number of rotatable bonds is 9. The standard InChI is InChI=1S/C15H17NO6S/c16-10-13(23(21,22)12-4-2-1-3-5-12)11(6-8-14(17)18)7-9-15(19)20/h1-5,11,13H,6-9H2,(H,17,18)(H,19,20)/t13-/m0/s1. The highest BCUT2D eigenvalue weighted by Crippen LogP contribution is 2.27. The molecule has 1 aromatic rings. The first-order valence-electron chi connectivity index (χ1n) is 6.91. The van der Waals surface area contributed by atoms with E-state index in [0.29, 0.717) is 0 Å². The zero-order chi connectivity index (χ0) is 17.5. The molecule has 8 heteroatoms. The van der Waals surface area contributed by atoms with Gasteiger partial charge in [0.15, 0.2) is 15.1 Å². The molecule has 0 amide bonds. The van der Waals surface area contributed by atoms with E-state index in [4.69, 9.17) is 10.2 Å². The highest BCUT2D eigenvalue weighted by molar-refractivity contribution is 7.92. The summed E-state index contributed by atoms with van der Waals surface area (Å²) in [5, 5.41) is 25.3. The molecule has 1 aromatic carbocycles. The first kappa shape index (κ1) is 18.6.